The molecule has 1 saturated heterocycles. The summed E-state index contributed by atoms with van der Waals surface area (Å²) in [5.41, 5.74) is 3.17. The third-order valence-electron chi connectivity index (χ3n) is 5.76. The lowest BCUT2D eigenvalue weighted by Gasteiger charge is -2.32. The van der Waals surface area contributed by atoms with Gasteiger partial charge in [0.1, 0.15) is 11.8 Å². The molecule has 3 rings (SSSR count). The Morgan fingerprint density at radius 1 is 1.06 bits per heavy atom. The van der Waals surface area contributed by atoms with Gasteiger partial charge in [0, 0.05) is 45.3 Å². The Labute approximate surface area is 196 Å². The van der Waals surface area contributed by atoms with E-state index >= 15 is 0 Å². The number of nitrogens with one attached hydrogen (secondary N) is 2. The van der Waals surface area contributed by atoms with E-state index in [9.17, 15) is 9.59 Å². The zero-order chi connectivity index (χ0) is 23.6. The largest absolute Gasteiger partial charge is 0.497 e. The quantitative estimate of drug-likeness (QED) is 0.574. The zero-order valence-electron chi connectivity index (χ0n) is 19.7. The highest BCUT2D eigenvalue weighted by molar-refractivity contribution is 5.95. The van der Waals surface area contributed by atoms with Crippen LogP contribution in [-0.4, -0.2) is 68.0 Å². The van der Waals surface area contributed by atoms with Gasteiger partial charge in [0.05, 0.1) is 7.11 Å². The molecule has 0 aromatic heterocycles. The van der Waals surface area contributed by atoms with Crippen LogP contribution in [0.15, 0.2) is 54.6 Å². The van der Waals surface area contributed by atoms with Crippen LogP contribution in [-0.2, 0) is 22.7 Å². The first kappa shape index (κ1) is 24.5. The predicted octanol–water partition coefficient (Wildman–Crippen LogP) is 2.28. The van der Waals surface area contributed by atoms with Crippen LogP contribution in [0.3, 0.4) is 0 Å². The van der Waals surface area contributed by atoms with E-state index in [0.717, 1.165) is 49.6 Å². The predicted molar refractivity (Wildman–Crippen MR) is 131 cm³/mol. The summed E-state index contributed by atoms with van der Waals surface area (Å²) in [5, 5.41) is 5.62. The summed E-state index contributed by atoms with van der Waals surface area (Å²) in [4.78, 5) is 29.4. The molecule has 2 aromatic carbocycles. The summed E-state index contributed by atoms with van der Waals surface area (Å²) in [7, 11) is 3.76. The van der Waals surface area contributed by atoms with Gasteiger partial charge in [-0.1, -0.05) is 36.4 Å². The highest BCUT2D eigenvalue weighted by Gasteiger charge is 2.15. The van der Waals surface area contributed by atoms with E-state index in [1.807, 2.05) is 36.4 Å². The number of carbonyl (C=O) groups excluding carboxylic acids is 2. The number of nitrogens with zero attached hydrogens (tertiary/aromatic N) is 2. The maximum Gasteiger partial charge on any atom is 0.244 e. The van der Waals surface area contributed by atoms with Crippen molar-refractivity contribution in [3.05, 3.63) is 71.3 Å². The van der Waals surface area contributed by atoms with Crippen molar-refractivity contribution >= 4 is 17.9 Å². The van der Waals surface area contributed by atoms with Gasteiger partial charge in [-0.3, -0.25) is 14.5 Å². The monoisotopic (exact) mass is 450 g/mol. The summed E-state index contributed by atoms with van der Waals surface area (Å²) in [6.45, 7) is 7.35. The first-order valence-corrected chi connectivity index (χ1v) is 11.3. The summed E-state index contributed by atoms with van der Waals surface area (Å²) >= 11 is 0. The fourth-order valence-corrected chi connectivity index (χ4v) is 3.66. The minimum atomic E-state index is -0.633. The lowest BCUT2D eigenvalue weighted by molar-refractivity contribution is -0.126. The summed E-state index contributed by atoms with van der Waals surface area (Å²) < 4.78 is 5.12. The number of likely N-dealkylation sites (N-methyl/N-ethyl adjacent to an activating group) is 1. The molecule has 176 valence electrons. The van der Waals surface area contributed by atoms with Gasteiger partial charge in [-0.05, 0) is 48.9 Å². The van der Waals surface area contributed by atoms with Crippen LogP contribution in [0.5, 0.6) is 5.75 Å². The second kappa shape index (κ2) is 12.2. The molecule has 2 aromatic rings. The third-order valence-corrected chi connectivity index (χ3v) is 5.76. The Bertz CT molecular complexity index is 950. The lowest BCUT2D eigenvalue weighted by Crippen LogP contribution is -2.44. The van der Waals surface area contributed by atoms with Crippen molar-refractivity contribution < 1.29 is 14.3 Å². The van der Waals surface area contributed by atoms with Crippen LogP contribution in [0.4, 0.5) is 0 Å². The maximum atomic E-state index is 12.5. The number of piperazine rings is 1. The van der Waals surface area contributed by atoms with Gasteiger partial charge in [0.25, 0.3) is 0 Å². The van der Waals surface area contributed by atoms with E-state index in [-0.39, 0.29) is 11.8 Å². The third kappa shape index (κ3) is 8.04. The topological polar surface area (TPSA) is 73.9 Å². The van der Waals surface area contributed by atoms with Gasteiger partial charge in [-0.25, -0.2) is 0 Å². The van der Waals surface area contributed by atoms with Crippen molar-refractivity contribution in [1.82, 2.24) is 20.4 Å². The van der Waals surface area contributed by atoms with Crippen LogP contribution in [0.2, 0.25) is 0 Å². The number of methoxy groups -OCH3 is 1. The molecule has 0 bridgehead atoms. The molecule has 0 spiro atoms. The van der Waals surface area contributed by atoms with Gasteiger partial charge in [0.2, 0.25) is 11.8 Å². The highest BCUT2D eigenvalue weighted by atomic mass is 16.5. The second-order valence-electron chi connectivity index (χ2n) is 8.45. The van der Waals surface area contributed by atoms with Gasteiger partial charge < -0.3 is 20.3 Å². The SMILES string of the molecule is COc1ccc(/C=C/C(=O)NC(C)C(=O)NCc2cccc(CN3CCN(C)CC3)c2)cc1. The van der Waals surface area contributed by atoms with E-state index in [2.05, 4.69) is 39.6 Å². The van der Waals surface area contributed by atoms with Crippen molar-refractivity contribution in [3.8, 4) is 5.75 Å². The van der Waals surface area contributed by atoms with E-state index in [4.69, 9.17) is 4.74 Å². The van der Waals surface area contributed by atoms with Gasteiger partial charge >= 0.3 is 0 Å². The average molecular weight is 451 g/mol. The van der Waals surface area contributed by atoms with Crippen molar-refractivity contribution in [2.75, 3.05) is 40.3 Å². The van der Waals surface area contributed by atoms with Gasteiger partial charge in [0.15, 0.2) is 0 Å². The molecule has 33 heavy (non-hydrogen) atoms. The molecule has 1 aliphatic heterocycles. The molecule has 7 heteroatoms. The Morgan fingerprint density at radius 2 is 1.76 bits per heavy atom. The average Bonchev–Trinajstić information content (AvgIpc) is 2.83. The summed E-state index contributed by atoms with van der Waals surface area (Å²) in [5.74, 6) is 0.222. The van der Waals surface area contributed by atoms with Crippen LogP contribution in [0.1, 0.15) is 23.6 Å². The number of carbonyl (C=O) groups is 2. The Hall–Kier alpha value is -3.16. The van der Waals surface area contributed by atoms with Crippen molar-refractivity contribution in [2.45, 2.75) is 26.1 Å². The molecule has 1 atom stereocenters. The minimum Gasteiger partial charge on any atom is -0.497 e. The van der Waals surface area contributed by atoms with Crippen molar-refractivity contribution in [3.63, 3.8) is 0 Å². The van der Waals surface area contributed by atoms with Crippen LogP contribution >= 0.6 is 0 Å². The number of ether oxygens (including phenoxy) is 1. The molecule has 2 N–H and O–H groups in total. The normalized spacial score (nSPS) is 15.8. The van der Waals surface area contributed by atoms with Gasteiger partial charge in [-0.2, -0.15) is 0 Å². The number of benzene rings is 2. The highest BCUT2D eigenvalue weighted by Crippen LogP contribution is 2.12. The Balaban J connectivity index is 1.43. The van der Waals surface area contributed by atoms with Crippen LogP contribution in [0, 0.1) is 0 Å². The lowest BCUT2D eigenvalue weighted by atomic mass is 10.1. The number of amides is 2. The number of hydrogen-bond acceptors (Lipinski definition) is 5. The van der Waals surface area contributed by atoms with E-state index in [1.54, 1.807) is 20.1 Å². The molecule has 0 radical (unpaired) electrons. The fourth-order valence-electron chi connectivity index (χ4n) is 3.66. The van der Waals surface area contributed by atoms with Crippen LogP contribution < -0.4 is 15.4 Å². The molecule has 7 nitrogen and oxygen atoms in total. The summed E-state index contributed by atoms with van der Waals surface area (Å²) in [6.07, 6.45) is 3.12. The molecule has 1 heterocycles. The molecule has 1 fully saturated rings. The van der Waals surface area contributed by atoms with E-state index in [0.29, 0.717) is 6.54 Å². The number of rotatable bonds is 9. The molecule has 0 aliphatic carbocycles. The molecular formula is C26H34N4O3. The zero-order valence-corrected chi connectivity index (χ0v) is 19.7. The van der Waals surface area contributed by atoms with Crippen LogP contribution in [0.25, 0.3) is 6.08 Å². The molecule has 2 amide bonds. The van der Waals surface area contributed by atoms with Crippen molar-refractivity contribution in [1.29, 1.82) is 0 Å². The van der Waals surface area contributed by atoms with Crippen molar-refractivity contribution in [2.24, 2.45) is 0 Å². The smallest absolute Gasteiger partial charge is 0.244 e. The van der Waals surface area contributed by atoms with E-state index in [1.165, 1.54) is 11.6 Å². The molecule has 0 saturated carbocycles. The molecular weight excluding hydrogens is 416 g/mol. The molecule has 1 unspecified atom stereocenters. The summed E-state index contributed by atoms with van der Waals surface area (Å²) in [6, 6.07) is 15.0. The maximum absolute atomic E-state index is 12.5. The van der Waals surface area contributed by atoms with Gasteiger partial charge in [-0.15, -0.1) is 0 Å². The molecule has 1 aliphatic rings. The standard InChI is InChI=1S/C26H34N4O3/c1-20(28-25(31)12-9-21-7-10-24(33-3)11-8-21)26(32)27-18-22-5-4-6-23(17-22)19-30-15-13-29(2)14-16-30/h4-12,17,20H,13-16,18-19H2,1-3H3,(H,27,32)(H,28,31)/b12-9+. The fraction of sp³-hybridized carbons (Fsp3) is 0.385. The second-order valence-corrected chi connectivity index (χ2v) is 8.45. The first-order chi connectivity index (χ1) is 15.9. The Morgan fingerprint density at radius 3 is 2.45 bits per heavy atom. The van der Waals surface area contributed by atoms with E-state index < -0.39 is 6.04 Å². The minimum absolute atomic E-state index is 0.217. The Kier molecular flexibility index (Phi) is 9.04. The number of hydrogen-bond donors (Lipinski definition) is 2. The first-order valence-electron chi connectivity index (χ1n) is 11.3.